The van der Waals surface area contributed by atoms with Gasteiger partial charge in [-0.2, -0.15) is 0 Å². The number of methoxy groups -OCH3 is 1. The Hall–Kier alpha value is -1.97. The van der Waals surface area contributed by atoms with Crippen LogP contribution in [0, 0.1) is 0 Å². The summed E-state index contributed by atoms with van der Waals surface area (Å²) in [6.07, 6.45) is 0. The van der Waals surface area contributed by atoms with Gasteiger partial charge in [-0.15, -0.1) is 0 Å². The van der Waals surface area contributed by atoms with E-state index in [1.54, 1.807) is 31.4 Å². The summed E-state index contributed by atoms with van der Waals surface area (Å²) in [4.78, 5) is 11.1. The zero-order valence-electron chi connectivity index (χ0n) is 7.61. The molecule has 0 bridgehead atoms. The van der Waals surface area contributed by atoms with E-state index in [1.165, 1.54) is 0 Å². The van der Waals surface area contributed by atoms with Gasteiger partial charge in [0.2, 0.25) is 0 Å². The van der Waals surface area contributed by atoms with E-state index >= 15 is 0 Å². The van der Waals surface area contributed by atoms with Crippen LogP contribution in [0.15, 0.2) is 33.5 Å². The third kappa shape index (κ3) is 1.21. The molecule has 0 amide bonds. The van der Waals surface area contributed by atoms with Gasteiger partial charge in [-0.25, -0.2) is 4.79 Å². The van der Waals surface area contributed by atoms with Gasteiger partial charge < -0.3 is 14.9 Å². The van der Waals surface area contributed by atoms with Crippen LogP contribution in [0.4, 0.5) is 5.69 Å². The van der Waals surface area contributed by atoms with Gasteiger partial charge in [-0.1, -0.05) is 6.07 Å². The first-order valence-corrected chi connectivity index (χ1v) is 4.08. The number of rotatable bonds is 1. The predicted molar refractivity (Wildman–Crippen MR) is 53.4 cm³/mol. The molecular formula is C10H9NO3. The zero-order valence-corrected chi connectivity index (χ0v) is 7.61. The van der Waals surface area contributed by atoms with E-state index in [0.29, 0.717) is 16.7 Å². The molecule has 1 aromatic carbocycles. The summed E-state index contributed by atoms with van der Waals surface area (Å²) in [6.45, 7) is 0. The highest BCUT2D eigenvalue weighted by Crippen LogP contribution is 2.24. The summed E-state index contributed by atoms with van der Waals surface area (Å²) in [5.41, 5.74) is 5.49. The van der Waals surface area contributed by atoms with Gasteiger partial charge in [0.05, 0.1) is 12.5 Å². The van der Waals surface area contributed by atoms with Crippen molar-refractivity contribution in [2.45, 2.75) is 0 Å². The van der Waals surface area contributed by atoms with Crippen LogP contribution in [0.3, 0.4) is 0 Å². The highest BCUT2D eigenvalue weighted by molar-refractivity contribution is 5.85. The number of benzene rings is 1. The van der Waals surface area contributed by atoms with E-state index < -0.39 is 5.63 Å². The Morgan fingerprint density at radius 1 is 1.43 bits per heavy atom. The normalized spacial score (nSPS) is 10.4. The second kappa shape index (κ2) is 3.06. The van der Waals surface area contributed by atoms with Gasteiger partial charge in [0, 0.05) is 0 Å². The fourth-order valence-corrected chi connectivity index (χ4v) is 1.31. The molecule has 1 heterocycles. The van der Waals surface area contributed by atoms with Crippen LogP contribution in [0.1, 0.15) is 0 Å². The molecule has 0 fully saturated rings. The number of nitrogen functional groups attached to an aromatic ring is 1. The first-order valence-electron chi connectivity index (χ1n) is 4.08. The van der Waals surface area contributed by atoms with Crippen LogP contribution in [0.5, 0.6) is 5.75 Å². The maximum atomic E-state index is 11.1. The van der Waals surface area contributed by atoms with Crippen molar-refractivity contribution in [3.05, 3.63) is 34.7 Å². The molecule has 2 aromatic rings. The van der Waals surface area contributed by atoms with Crippen molar-refractivity contribution in [3.8, 4) is 5.75 Å². The molecule has 0 aliphatic rings. The minimum atomic E-state index is -0.522. The fourth-order valence-electron chi connectivity index (χ4n) is 1.31. The molecule has 4 nitrogen and oxygen atoms in total. The largest absolute Gasteiger partial charge is 0.496 e. The van der Waals surface area contributed by atoms with Gasteiger partial charge in [0.1, 0.15) is 17.0 Å². The van der Waals surface area contributed by atoms with E-state index in [2.05, 4.69) is 0 Å². The molecule has 14 heavy (non-hydrogen) atoms. The topological polar surface area (TPSA) is 65.5 Å². The Bertz CT molecular complexity index is 530. The van der Waals surface area contributed by atoms with Gasteiger partial charge in [0.25, 0.3) is 0 Å². The lowest BCUT2D eigenvalue weighted by molar-refractivity contribution is 0.418. The van der Waals surface area contributed by atoms with E-state index in [9.17, 15) is 4.79 Å². The lowest BCUT2D eigenvalue weighted by Gasteiger charge is -2.03. The summed E-state index contributed by atoms with van der Waals surface area (Å²) >= 11 is 0. The lowest BCUT2D eigenvalue weighted by Crippen LogP contribution is -2.05. The molecule has 0 saturated heterocycles. The fraction of sp³-hybridized carbons (Fsp3) is 0.100. The van der Waals surface area contributed by atoms with Crippen molar-refractivity contribution in [2.75, 3.05) is 12.8 Å². The molecule has 0 radical (unpaired) electrons. The predicted octanol–water partition coefficient (Wildman–Crippen LogP) is 1.38. The van der Waals surface area contributed by atoms with Crippen LogP contribution in [-0.2, 0) is 0 Å². The zero-order chi connectivity index (χ0) is 10.1. The number of fused-ring (bicyclic) bond motifs is 1. The quantitative estimate of drug-likeness (QED) is 0.691. The molecule has 0 unspecified atom stereocenters. The number of hydrogen-bond donors (Lipinski definition) is 1. The summed E-state index contributed by atoms with van der Waals surface area (Å²) in [6, 6.07) is 6.78. The maximum Gasteiger partial charge on any atom is 0.359 e. The molecule has 2 rings (SSSR count). The van der Waals surface area contributed by atoms with Gasteiger partial charge >= 0.3 is 5.63 Å². The number of nitrogens with two attached hydrogens (primary N) is 1. The Morgan fingerprint density at radius 2 is 2.21 bits per heavy atom. The number of ether oxygens (including phenoxy) is 1. The van der Waals surface area contributed by atoms with Crippen molar-refractivity contribution in [1.82, 2.24) is 0 Å². The molecule has 0 saturated carbocycles. The van der Waals surface area contributed by atoms with Crippen LogP contribution in [0.2, 0.25) is 0 Å². The van der Waals surface area contributed by atoms with Crippen LogP contribution in [-0.4, -0.2) is 7.11 Å². The van der Waals surface area contributed by atoms with E-state index in [1.807, 2.05) is 0 Å². The van der Waals surface area contributed by atoms with Crippen molar-refractivity contribution in [2.24, 2.45) is 0 Å². The smallest absolute Gasteiger partial charge is 0.359 e. The second-order valence-corrected chi connectivity index (χ2v) is 2.86. The third-order valence-corrected chi connectivity index (χ3v) is 1.98. The summed E-state index contributed by atoms with van der Waals surface area (Å²) < 4.78 is 10.1. The van der Waals surface area contributed by atoms with Crippen molar-refractivity contribution in [1.29, 1.82) is 0 Å². The highest BCUT2D eigenvalue weighted by Gasteiger charge is 2.05. The molecule has 0 spiro atoms. The number of hydrogen-bond acceptors (Lipinski definition) is 4. The molecular weight excluding hydrogens is 182 g/mol. The minimum Gasteiger partial charge on any atom is -0.496 e. The first-order chi connectivity index (χ1) is 6.72. The standard InChI is InChI=1S/C10H9NO3/c1-13-8-3-2-4-9-6(8)5-7(11)10(12)14-9/h2-5H,11H2,1H3. The maximum absolute atomic E-state index is 11.1. The molecule has 1 aromatic heterocycles. The van der Waals surface area contributed by atoms with Crippen LogP contribution in [0.25, 0.3) is 11.0 Å². The van der Waals surface area contributed by atoms with E-state index in [-0.39, 0.29) is 5.69 Å². The van der Waals surface area contributed by atoms with Gasteiger partial charge in [0.15, 0.2) is 0 Å². The van der Waals surface area contributed by atoms with Crippen molar-refractivity contribution < 1.29 is 9.15 Å². The third-order valence-electron chi connectivity index (χ3n) is 1.98. The van der Waals surface area contributed by atoms with E-state index in [4.69, 9.17) is 14.9 Å². The molecule has 0 aliphatic carbocycles. The monoisotopic (exact) mass is 191 g/mol. The number of anilines is 1. The highest BCUT2D eigenvalue weighted by atomic mass is 16.5. The van der Waals surface area contributed by atoms with Crippen molar-refractivity contribution >= 4 is 16.7 Å². The Kier molecular flexibility index (Phi) is 1.89. The summed E-state index contributed by atoms with van der Waals surface area (Å²) in [5.74, 6) is 0.637. The van der Waals surface area contributed by atoms with Crippen molar-refractivity contribution in [3.63, 3.8) is 0 Å². The average Bonchev–Trinajstić information content (AvgIpc) is 2.19. The van der Waals surface area contributed by atoms with Gasteiger partial charge in [-0.05, 0) is 18.2 Å². The first kappa shape index (κ1) is 8.62. The molecule has 72 valence electrons. The summed E-state index contributed by atoms with van der Waals surface area (Å²) in [5, 5.41) is 0.701. The van der Waals surface area contributed by atoms with Crippen LogP contribution < -0.4 is 16.1 Å². The Balaban J connectivity index is 2.88. The molecule has 0 aliphatic heterocycles. The molecule has 4 heteroatoms. The second-order valence-electron chi connectivity index (χ2n) is 2.86. The lowest BCUT2D eigenvalue weighted by atomic mass is 10.2. The molecule has 0 atom stereocenters. The van der Waals surface area contributed by atoms with E-state index in [0.717, 1.165) is 0 Å². The summed E-state index contributed by atoms with van der Waals surface area (Å²) in [7, 11) is 1.55. The van der Waals surface area contributed by atoms with Gasteiger partial charge in [-0.3, -0.25) is 0 Å². The Labute approximate surface area is 79.9 Å². The average molecular weight is 191 g/mol. The Morgan fingerprint density at radius 3 is 2.93 bits per heavy atom. The SMILES string of the molecule is COc1cccc2oc(=O)c(N)cc12. The minimum absolute atomic E-state index is 0.0852. The molecule has 2 N–H and O–H groups in total. The van der Waals surface area contributed by atoms with Crippen LogP contribution >= 0.6 is 0 Å².